The third-order valence-electron chi connectivity index (χ3n) is 4.49. The van der Waals surface area contributed by atoms with Crippen LogP contribution < -0.4 is 14.4 Å². The summed E-state index contributed by atoms with van der Waals surface area (Å²) in [7, 11) is -2.65. The maximum absolute atomic E-state index is 12.9. The van der Waals surface area contributed by atoms with Crippen LogP contribution in [0.25, 0.3) is 0 Å². The molecule has 1 atom stereocenters. The summed E-state index contributed by atoms with van der Waals surface area (Å²) in [5, 5.41) is 14.0. The van der Waals surface area contributed by atoms with Gasteiger partial charge in [0.2, 0.25) is 15.9 Å². The van der Waals surface area contributed by atoms with Gasteiger partial charge < -0.3 is 10.1 Å². The van der Waals surface area contributed by atoms with Crippen LogP contribution in [0.1, 0.15) is 24.5 Å². The first-order valence-electron chi connectivity index (χ1n) is 9.23. The van der Waals surface area contributed by atoms with Crippen LogP contribution in [0.15, 0.2) is 42.5 Å². The van der Waals surface area contributed by atoms with Crippen LogP contribution in [0.4, 0.5) is 11.4 Å². The maximum Gasteiger partial charge on any atom is 0.271 e. The van der Waals surface area contributed by atoms with E-state index in [-0.39, 0.29) is 30.1 Å². The van der Waals surface area contributed by atoms with E-state index in [1.807, 2.05) is 31.2 Å². The molecule has 10 heteroatoms. The molecule has 0 aliphatic carbocycles. The average molecular weight is 436 g/mol. The number of benzene rings is 2. The van der Waals surface area contributed by atoms with Crippen LogP contribution >= 0.6 is 0 Å². The number of nitrogens with zero attached hydrogens (tertiary/aromatic N) is 2. The quantitative estimate of drug-likeness (QED) is 0.478. The zero-order valence-electron chi connectivity index (χ0n) is 17.3. The Morgan fingerprint density at radius 1 is 1.27 bits per heavy atom. The highest BCUT2D eigenvalue weighted by Gasteiger charge is 2.34. The molecule has 0 radical (unpaired) electrons. The topological polar surface area (TPSA) is 119 Å². The fourth-order valence-corrected chi connectivity index (χ4v) is 4.34. The molecular formula is C20H25N3O6S. The number of ether oxygens (including phenoxy) is 1. The van der Waals surface area contributed by atoms with Crippen molar-refractivity contribution < 1.29 is 22.9 Å². The summed E-state index contributed by atoms with van der Waals surface area (Å²) in [6.07, 6.45) is 1.10. The molecule has 30 heavy (non-hydrogen) atoms. The molecule has 9 nitrogen and oxygen atoms in total. The van der Waals surface area contributed by atoms with Crippen molar-refractivity contribution in [3.05, 3.63) is 63.7 Å². The van der Waals surface area contributed by atoms with Crippen LogP contribution in [0.3, 0.4) is 0 Å². The molecule has 1 amide bonds. The lowest BCUT2D eigenvalue weighted by Gasteiger charge is -2.31. The number of nitro groups is 1. The first-order chi connectivity index (χ1) is 14.1. The fraction of sp³-hybridized carbons (Fsp3) is 0.350. The van der Waals surface area contributed by atoms with Gasteiger partial charge in [0.05, 0.1) is 18.3 Å². The summed E-state index contributed by atoms with van der Waals surface area (Å²) in [6.45, 7) is 3.82. The van der Waals surface area contributed by atoms with Crippen molar-refractivity contribution >= 4 is 27.3 Å². The van der Waals surface area contributed by atoms with Gasteiger partial charge >= 0.3 is 0 Å². The SMILES string of the molecule is CC[C@H](C(=O)NCc1cccc(C)c1)N(c1cc([N+](=O)[O-])ccc1OC)S(C)(=O)=O. The molecule has 1 N–H and O–H groups in total. The Morgan fingerprint density at radius 2 is 1.97 bits per heavy atom. The number of non-ortho nitro benzene ring substituents is 1. The lowest BCUT2D eigenvalue weighted by atomic mass is 10.1. The number of hydrogen-bond acceptors (Lipinski definition) is 6. The molecule has 0 unspecified atom stereocenters. The summed E-state index contributed by atoms with van der Waals surface area (Å²) in [4.78, 5) is 23.5. The fourth-order valence-electron chi connectivity index (χ4n) is 3.13. The molecule has 2 rings (SSSR count). The number of anilines is 1. The molecule has 0 heterocycles. The van der Waals surface area contributed by atoms with Gasteiger partial charge in [-0.15, -0.1) is 0 Å². The highest BCUT2D eigenvalue weighted by molar-refractivity contribution is 7.92. The summed E-state index contributed by atoms with van der Waals surface area (Å²) in [5.74, 6) is -0.408. The number of amides is 1. The molecule has 2 aromatic rings. The molecule has 162 valence electrons. The van der Waals surface area contributed by atoms with Crippen molar-refractivity contribution in [3.63, 3.8) is 0 Å². The van der Waals surface area contributed by atoms with Crippen molar-refractivity contribution in [2.75, 3.05) is 17.7 Å². The normalized spacial score (nSPS) is 12.1. The van der Waals surface area contributed by atoms with Gasteiger partial charge in [0.15, 0.2) is 0 Å². The van der Waals surface area contributed by atoms with Crippen LogP contribution in [0, 0.1) is 17.0 Å². The number of rotatable bonds is 9. The van der Waals surface area contributed by atoms with Gasteiger partial charge in [0.1, 0.15) is 17.5 Å². The van der Waals surface area contributed by atoms with Crippen LogP contribution in [-0.4, -0.2) is 38.7 Å². The summed E-state index contributed by atoms with van der Waals surface area (Å²) < 4.78 is 31.3. The van der Waals surface area contributed by atoms with Crippen LogP contribution in [0.2, 0.25) is 0 Å². The molecule has 0 aliphatic heterocycles. The Balaban J connectivity index is 2.43. The molecule has 0 bridgehead atoms. The zero-order chi connectivity index (χ0) is 22.5. The minimum absolute atomic E-state index is 0.0632. The van der Waals surface area contributed by atoms with Crippen molar-refractivity contribution in [1.82, 2.24) is 5.32 Å². The number of sulfonamides is 1. The summed E-state index contributed by atoms with van der Waals surface area (Å²) in [5.41, 5.74) is 1.53. The molecule has 0 aliphatic rings. The Bertz CT molecular complexity index is 1040. The van der Waals surface area contributed by atoms with Gasteiger partial charge in [-0.05, 0) is 25.0 Å². The zero-order valence-corrected chi connectivity index (χ0v) is 18.1. The lowest BCUT2D eigenvalue weighted by molar-refractivity contribution is -0.384. The predicted octanol–water partition coefficient (Wildman–Crippen LogP) is 2.77. The minimum Gasteiger partial charge on any atom is -0.495 e. The Hall–Kier alpha value is -3.14. The first kappa shape index (κ1) is 23.1. The third kappa shape index (κ3) is 5.47. The monoisotopic (exact) mass is 435 g/mol. The Kier molecular flexibility index (Phi) is 7.38. The summed E-state index contributed by atoms with van der Waals surface area (Å²) >= 11 is 0. The number of methoxy groups -OCH3 is 1. The average Bonchev–Trinajstić information content (AvgIpc) is 2.68. The smallest absolute Gasteiger partial charge is 0.271 e. The van der Waals surface area contributed by atoms with Gasteiger partial charge in [-0.2, -0.15) is 0 Å². The number of hydrogen-bond donors (Lipinski definition) is 1. The third-order valence-corrected chi connectivity index (χ3v) is 5.66. The van der Waals surface area contributed by atoms with E-state index in [0.717, 1.165) is 27.8 Å². The van der Waals surface area contributed by atoms with Gasteiger partial charge in [-0.1, -0.05) is 36.8 Å². The largest absolute Gasteiger partial charge is 0.495 e. The Labute approximate surface area is 175 Å². The van der Waals surface area contributed by atoms with Crippen molar-refractivity contribution in [3.8, 4) is 5.75 Å². The van der Waals surface area contributed by atoms with E-state index in [1.54, 1.807) is 6.92 Å². The highest BCUT2D eigenvalue weighted by Crippen LogP contribution is 2.35. The second-order valence-corrected chi connectivity index (χ2v) is 8.66. The molecular weight excluding hydrogens is 410 g/mol. The van der Waals surface area contributed by atoms with Crippen LogP contribution in [-0.2, 0) is 21.4 Å². The molecule has 0 saturated carbocycles. The van der Waals surface area contributed by atoms with E-state index in [9.17, 15) is 23.3 Å². The van der Waals surface area contributed by atoms with Gasteiger partial charge in [-0.3, -0.25) is 19.2 Å². The minimum atomic E-state index is -3.97. The second kappa shape index (κ2) is 9.57. The summed E-state index contributed by atoms with van der Waals surface area (Å²) in [6, 6.07) is 10.1. The number of carbonyl (C=O) groups is 1. The van der Waals surface area contributed by atoms with E-state index in [2.05, 4.69) is 5.32 Å². The number of carbonyl (C=O) groups excluding carboxylic acids is 1. The second-order valence-electron chi connectivity index (χ2n) is 6.80. The number of nitrogens with one attached hydrogen (secondary N) is 1. The maximum atomic E-state index is 12.9. The Morgan fingerprint density at radius 3 is 2.50 bits per heavy atom. The van der Waals surface area contributed by atoms with Crippen molar-refractivity contribution in [1.29, 1.82) is 0 Å². The number of nitro benzene ring substituents is 1. The van der Waals surface area contributed by atoms with Crippen molar-refractivity contribution in [2.45, 2.75) is 32.9 Å². The first-order valence-corrected chi connectivity index (χ1v) is 11.1. The van der Waals surface area contributed by atoms with E-state index in [1.165, 1.54) is 19.2 Å². The number of aryl methyl sites for hydroxylation is 1. The molecule has 0 aromatic heterocycles. The molecule has 2 aromatic carbocycles. The van der Waals surface area contributed by atoms with Crippen molar-refractivity contribution in [2.24, 2.45) is 0 Å². The van der Waals surface area contributed by atoms with Crippen LogP contribution in [0.5, 0.6) is 5.75 Å². The lowest BCUT2D eigenvalue weighted by Crippen LogP contribution is -2.49. The van der Waals surface area contributed by atoms with E-state index in [0.29, 0.717) is 0 Å². The van der Waals surface area contributed by atoms with E-state index >= 15 is 0 Å². The molecule has 0 saturated heterocycles. The van der Waals surface area contributed by atoms with Gasteiger partial charge in [0, 0.05) is 18.7 Å². The molecule has 0 fully saturated rings. The van der Waals surface area contributed by atoms with Gasteiger partial charge in [0.25, 0.3) is 5.69 Å². The van der Waals surface area contributed by atoms with E-state index in [4.69, 9.17) is 4.74 Å². The highest BCUT2D eigenvalue weighted by atomic mass is 32.2. The molecule has 0 spiro atoms. The standard InChI is InChI=1S/C20H25N3O6S/c1-5-17(20(24)21-13-15-8-6-7-14(2)11-15)22(30(4,27)28)18-12-16(23(25)26)9-10-19(18)29-3/h6-12,17H,5,13H2,1-4H3,(H,21,24)/t17-/m1/s1. The van der Waals surface area contributed by atoms with E-state index < -0.39 is 26.9 Å². The van der Waals surface area contributed by atoms with Gasteiger partial charge in [-0.25, -0.2) is 8.42 Å². The predicted molar refractivity (Wildman–Crippen MR) is 114 cm³/mol.